The molecule has 1 atom stereocenters. The van der Waals surface area contributed by atoms with Gasteiger partial charge in [0.15, 0.2) is 10.9 Å². The number of ether oxygens (including phenoxy) is 1. The highest BCUT2D eigenvalue weighted by Gasteiger charge is 2.32. The zero-order valence-corrected chi connectivity index (χ0v) is 13.4. The van der Waals surface area contributed by atoms with E-state index >= 15 is 0 Å². The largest absolute Gasteiger partial charge is 0.461 e. The van der Waals surface area contributed by atoms with E-state index in [1.165, 1.54) is 17.4 Å². The van der Waals surface area contributed by atoms with Crippen molar-refractivity contribution in [2.75, 3.05) is 23.4 Å². The second-order valence-corrected chi connectivity index (χ2v) is 5.92. The van der Waals surface area contributed by atoms with Crippen molar-refractivity contribution in [1.29, 1.82) is 0 Å². The van der Waals surface area contributed by atoms with Gasteiger partial charge in [0.25, 0.3) is 0 Å². The first-order valence-corrected chi connectivity index (χ1v) is 8.26. The molecule has 0 radical (unpaired) electrons. The summed E-state index contributed by atoms with van der Waals surface area (Å²) in [5, 5.41) is 12.0. The summed E-state index contributed by atoms with van der Waals surface area (Å²) in [5.41, 5.74) is 0.213. The lowest BCUT2D eigenvalue weighted by atomic mass is 10.2. The molecule has 1 aliphatic rings. The molecule has 0 aliphatic carbocycles. The summed E-state index contributed by atoms with van der Waals surface area (Å²) in [4.78, 5) is 30.3. The van der Waals surface area contributed by atoms with E-state index in [0.717, 1.165) is 24.5 Å². The molecule has 3 heterocycles. The van der Waals surface area contributed by atoms with Crippen molar-refractivity contribution in [3.63, 3.8) is 0 Å². The molecular formula is C14H17N5O3S. The lowest BCUT2D eigenvalue weighted by Gasteiger charge is -2.22. The van der Waals surface area contributed by atoms with Gasteiger partial charge in [-0.15, -0.1) is 11.3 Å². The molecule has 23 heavy (non-hydrogen) atoms. The molecule has 0 unspecified atom stereocenters. The van der Waals surface area contributed by atoms with Crippen molar-refractivity contribution < 1.29 is 14.3 Å². The number of H-pyrrole nitrogens is 1. The van der Waals surface area contributed by atoms with Crippen LogP contribution >= 0.6 is 11.3 Å². The van der Waals surface area contributed by atoms with Gasteiger partial charge in [-0.05, 0) is 19.8 Å². The molecule has 8 nitrogen and oxygen atoms in total. The fourth-order valence-electron chi connectivity index (χ4n) is 2.53. The van der Waals surface area contributed by atoms with Gasteiger partial charge in [-0.1, -0.05) is 0 Å². The Labute approximate surface area is 136 Å². The van der Waals surface area contributed by atoms with Gasteiger partial charge in [0, 0.05) is 24.2 Å². The standard InChI is InChI=1S/C14H17N5O3S/c1-2-22-13(21)9-8-11(18-17-9)16-12(20)10-4-3-6-19(10)14-15-5-7-23-14/h5,7-8,10H,2-4,6H2,1H3,(H2,16,17,18,20)/t10-/m0/s1. The van der Waals surface area contributed by atoms with E-state index in [0.29, 0.717) is 5.82 Å². The first-order chi connectivity index (χ1) is 11.2. The number of carbonyl (C=O) groups is 2. The van der Waals surface area contributed by atoms with E-state index < -0.39 is 5.97 Å². The summed E-state index contributed by atoms with van der Waals surface area (Å²) in [6, 6.07) is 1.20. The number of rotatable bonds is 5. The first kappa shape index (κ1) is 15.5. The highest BCUT2D eigenvalue weighted by molar-refractivity contribution is 7.13. The summed E-state index contributed by atoms with van der Waals surface area (Å²) >= 11 is 1.51. The summed E-state index contributed by atoms with van der Waals surface area (Å²) in [6.07, 6.45) is 3.43. The van der Waals surface area contributed by atoms with Crippen molar-refractivity contribution in [1.82, 2.24) is 15.2 Å². The Kier molecular flexibility index (Phi) is 4.56. The minimum atomic E-state index is -0.495. The molecule has 122 valence electrons. The predicted molar refractivity (Wildman–Crippen MR) is 85.7 cm³/mol. The minimum Gasteiger partial charge on any atom is -0.461 e. The van der Waals surface area contributed by atoms with Crippen LogP contribution in [0.2, 0.25) is 0 Å². The quantitative estimate of drug-likeness (QED) is 0.806. The molecule has 1 amide bonds. The Morgan fingerprint density at radius 2 is 2.43 bits per heavy atom. The Morgan fingerprint density at radius 3 is 3.17 bits per heavy atom. The summed E-state index contributed by atoms with van der Waals surface area (Å²) in [5.74, 6) is -0.338. The van der Waals surface area contributed by atoms with Gasteiger partial charge < -0.3 is 15.0 Å². The number of nitrogens with one attached hydrogen (secondary N) is 2. The van der Waals surface area contributed by atoms with Crippen molar-refractivity contribution in [3.05, 3.63) is 23.3 Å². The van der Waals surface area contributed by atoms with E-state index in [4.69, 9.17) is 4.74 Å². The molecule has 0 spiro atoms. The molecule has 1 fully saturated rings. The van der Waals surface area contributed by atoms with Crippen LogP contribution < -0.4 is 10.2 Å². The topological polar surface area (TPSA) is 100 Å². The molecule has 0 saturated carbocycles. The van der Waals surface area contributed by atoms with Gasteiger partial charge in [-0.3, -0.25) is 9.89 Å². The third kappa shape index (κ3) is 3.34. The molecule has 2 aromatic heterocycles. The van der Waals surface area contributed by atoms with E-state index in [1.807, 2.05) is 10.3 Å². The highest BCUT2D eigenvalue weighted by Crippen LogP contribution is 2.27. The van der Waals surface area contributed by atoms with Crippen LogP contribution in [0.15, 0.2) is 17.6 Å². The third-order valence-corrected chi connectivity index (χ3v) is 4.35. The van der Waals surface area contributed by atoms with Crippen LogP contribution in [0.1, 0.15) is 30.3 Å². The normalized spacial score (nSPS) is 17.3. The van der Waals surface area contributed by atoms with Gasteiger partial charge in [0.05, 0.1) is 6.61 Å². The van der Waals surface area contributed by atoms with Crippen LogP contribution in [0.4, 0.5) is 10.9 Å². The summed E-state index contributed by atoms with van der Waals surface area (Å²) in [7, 11) is 0. The van der Waals surface area contributed by atoms with Crippen LogP contribution in [0.25, 0.3) is 0 Å². The molecule has 0 bridgehead atoms. The highest BCUT2D eigenvalue weighted by atomic mass is 32.1. The molecule has 1 saturated heterocycles. The molecule has 0 aromatic carbocycles. The number of hydrogen-bond donors (Lipinski definition) is 2. The number of nitrogens with zero attached hydrogens (tertiary/aromatic N) is 3. The Balaban J connectivity index is 1.66. The number of amides is 1. The van der Waals surface area contributed by atoms with Crippen LogP contribution in [0, 0.1) is 0 Å². The number of thiazole rings is 1. The Bertz CT molecular complexity index is 684. The van der Waals surface area contributed by atoms with Crippen molar-refractivity contribution in [3.8, 4) is 0 Å². The van der Waals surface area contributed by atoms with Crippen molar-refractivity contribution in [2.24, 2.45) is 0 Å². The molecular weight excluding hydrogens is 318 g/mol. The number of aromatic nitrogens is 3. The predicted octanol–water partition coefficient (Wildman–Crippen LogP) is 1.65. The van der Waals surface area contributed by atoms with E-state index in [2.05, 4.69) is 20.5 Å². The number of esters is 1. The molecule has 2 aromatic rings. The van der Waals surface area contributed by atoms with Crippen LogP contribution in [0.3, 0.4) is 0 Å². The maximum Gasteiger partial charge on any atom is 0.356 e. The molecule has 1 aliphatic heterocycles. The molecule has 9 heteroatoms. The van der Waals surface area contributed by atoms with Gasteiger partial charge in [-0.2, -0.15) is 5.10 Å². The zero-order valence-electron chi connectivity index (χ0n) is 12.6. The van der Waals surface area contributed by atoms with Crippen LogP contribution in [0.5, 0.6) is 0 Å². The monoisotopic (exact) mass is 335 g/mol. The second kappa shape index (κ2) is 6.78. The summed E-state index contributed by atoms with van der Waals surface area (Å²) < 4.78 is 4.87. The van der Waals surface area contributed by atoms with Crippen LogP contribution in [-0.4, -0.2) is 46.3 Å². The number of anilines is 2. The van der Waals surface area contributed by atoms with Crippen molar-refractivity contribution in [2.45, 2.75) is 25.8 Å². The van der Waals surface area contributed by atoms with Gasteiger partial charge >= 0.3 is 5.97 Å². The van der Waals surface area contributed by atoms with Crippen molar-refractivity contribution >= 4 is 34.2 Å². The molecule has 3 rings (SSSR count). The SMILES string of the molecule is CCOC(=O)c1cc(NC(=O)[C@@H]2CCCN2c2nccs2)n[nH]1. The van der Waals surface area contributed by atoms with E-state index in [1.54, 1.807) is 13.1 Å². The zero-order chi connectivity index (χ0) is 16.2. The fourth-order valence-corrected chi connectivity index (χ4v) is 3.25. The first-order valence-electron chi connectivity index (χ1n) is 7.38. The smallest absolute Gasteiger partial charge is 0.356 e. The average Bonchev–Trinajstić information content (AvgIpc) is 3.27. The minimum absolute atomic E-state index is 0.153. The maximum absolute atomic E-state index is 12.5. The lowest BCUT2D eigenvalue weighted by molar-refractivity contribution is -0.117. The van der Waals surface area contributed by atoms with E-state index in [9.17, 15) is 9.59 Å². The number of hydrogen-bond acceptors (Lipinski definition) is 7. The lowest BCUT2D eigenvalue weighted by Crippen LogP contribution is -2.39. The summed E-state index contributed by atoms with van der Waals surface area (Å²) in [6.45, 7) is 2.81. The third-order valence-electron chi connectivity index (χ3n) is 3.54. The fraction of sp³-hybridized carbons (Fsp3) is 0.429. The van der Waals surface area contributed by atoms with Gasteiger partial charge in [-0.25, -0.2) is 9.78 Å². The van der Waals surface area contributed by atoms with Crippen LogP contribution in [-0.2, 0) is 9.53 Å². The average molecular weight is 335 g/mol. The van der Waals surface area contributed by atoms with E-state index in [-0.39, 0.29) is 24.2 Å². The second-order valence-electron chi connectivity index (χ2n) is 5.04. The number of aromatic amines is 1. The Morgan fingerprint density at radius 1 is 1.57 bits per heavy atom. The molecule has 2 N–H and O–H groups in total. The Hall–Kier alpha value is -2.42. The van der Waals surface area contributed by atoms with Gasteiger partial charge in [0.2, 0.25) is 5.91 Å². The number of carbonyl (C=O) groups excluding carboxylic acids is 2. The van der Waals surface area contributed by atoms with Gasteiger partial charge in [0.1, 0.15) is 11.7 Å². The maximum atomic E-state index is 12.5.